The summed E-state index contributed by atoms with van der Waals surface area (Å²) in [6.45, 7) is 4.63. The summed E-state index contributed by atoms with van der Waals surface area (Å²) in [6, 6.07) is 13.8. The van der Waals surface area contributed by atoms with Crippen LogP contribution in [0, 0.1) is 0 Å². The Morgan fingerprint density at radius 2 is 1.91 bits per heavy atom. The highest BCUT2D eigenvalue weighted by atomic mass is 35.5. The van der Waals surface area contributed by atoms with Gasteiger partial charge in [0.15, 0.2) is 0 Å². The molecule has 10 heteroatoms. The van der Waals surface area contributed by atoms with E-state index >= 15 is 0 Å². The van der Waals surface area contributed by atoms with Crippen LogP contribution in [-0.2, 0) is 11.3 Å². The second-order valence-electron chi connectivity index (χ2n) is 8.25. The third-order valence-corrected chi connectivity index (χ3v) is 6.15. The van der Waals surface area contributed by atoms with E-state index in [2.05, 4.69) is 15.7 Å². The largest absolute Gasteiger partial charge is 0.355 e. The molecule has 2 heterocycles. The molecule has 4 amide bonds. The zero-order valence-electron chi connectivity index (χ0n) is 19.6. The minimum Gasteiger partial charge on any atom is -0.355 e. The Kier molecular flexibility index (Phi) is 7.36. The summed E-state index contributed by atoms with van der Waals surface area (Å²) in [4.78, 5) is 41.7. The van der Waals surface area contributed by atoms with Crippen LogP contribution in [0.1, 0.15) is 29.8 Å². The van der Waals surface area contributed by atoms with Crippen molar-refractivity contribution in [2.24, 2.45) is 0 Å². The number of aromatic nitrogens is 2. The molecule has 0 saturated carbocycles. The second kappa shape index (κ2) is 10.6. The molecule has 0 unspecified atom stereocenters. The van der Waals surface area contributed by atoms with E-state index in [0.717, 1.165) is 16.9 Å². The Morgan fingerprint density at radius 1 is 1.11 bits per heavy atom. The zero-order chi connectivity index (χ0) is 24.9. The molecule has 4 rings (SSSR count). The number of halogens is 1. The van der Waals surface area contributed by atoms with E-state index in [4.69, 9.17) is 11.6 Å². The lowest BCUT2D eigenvalue weighted by Gasteiger charge is -2.29. The normalized spacial score (nSPS) is 15.2. The molecular formula is C25H27ClN6O3. The fourth-order valence-corrected chi connectivity index (χ4v) is 4.33. The highest BCUT2D eigenvalue weighted by molar-refractivity contribution is 6.34. The van der Waals surface area contributed by atoms with Gasteiger partial charge in [-0.1, -0.05) is 29.8 Å². The fraction of sp³-hybridized carbons (Fsp3) is 0.280. The molecule has 3 aromatic rings. The molecule has 1 aliphatic heterocycles. The van der Waals surface area contributed by atoms with E-state index in [1.54, 1.807) is 51.1 Å². The maximum atomic E-state index is 13.7. The number of carbonyl (C=O) groups excluding carboxylic acids is 3. The first kappa shape index (κ1) is 24.3. The van der Waals surface area contributed by atoms with E-state index in [1.165, 1.54) is 0 Å². The van der Waals surface area contributed by atoms with Gasteiger partial charge >= 0.3 is 6.03 Å². The van der Waals surface area contributed by atoms with Crippen molar-refractivity contribution in [2.45, 2.75) is 26.4 Å². The SMILES string of the molecule is CCNC(=O)CNC(=O)N1Cc2ccccc2N(C(=O)c2ccc(-n3cccn3)cc2Cl)C[C@H]1C. The van der Waals surface area contributed by atoms with Crippen LogP contribution >= 0.6 is 11.6 Å². The number of benzene rings is 2. The van der Waals surface area contributed by atoms with Crippen molar-refractivity contribution in [3.63, 3.8) is 0 Å². The zero-order valence-corrected chi connectivity index (χ0v) is 20.3. The summed E-state index contributed by atoms with van der Waals surface area (Å²) in [5.41, 5.74) is 2.65. The van der Waals surface area contributed by atoms with Crippen LogP contribution in [0.3, 0.4) is 0 Å². The van der Waals surface area contributed by atoms with Crippen molar-refractivity contribution in [3.05, 3.63) is 77.1 Å². The standard InChI is InChI=1S/C25H27ClN6O3/c1-3-27-23(33)14-28-25(35)30-16-18-7-4-5-8-22(18)31(15-17(30)2)24(34)20-10-9-19(13-21(20)26)32-12-6-11-29-32/h4-13,17H,3,14-16H2,1-2H3,(H,27,33)(H,28,35)/t17-/m1/s1. The molecular weight excluding hydrogens is 468 g/mol. The maximum Gasteiger partial charge on any atom is 0.318 e. The first-order valence-corrected chi connectivity index (χ1v) is 11.8. The van der Waals surface area contributed by atoms with Crippen molar-refractivity contribution in [1.29, 1.82) is 0 Å². The number of urea groups is 1. The Balaban J connectivity index is 1.59. The monoisotopic (exact) mass is 494 g/mol. The van der Waals surface area contributed by atoms with Gasteiger partial charge < -0.3 is 20.4 Å². The van der Waals surface area contributed by atoms with Crippen LogP contribution in [0.4, 0.5) is 10.5 Å². The van der Waals surface area contributed by atoms with Gasteiger partial charge in [-0.15, -0.1) is 0 Å². The number of nitrogens with zero attached hydrogens (tertiary/aromatic N) is 4. The molecule has 0 fully saturated rings. The lowest BCUT2D eigenvalue weighted by atomic mass is 10.1. The first-order chi connectivity index (χ1) is 16.9. The fourth-order valence-electron chi connectivity index (χ4n) is 4.08. The smallest absolute Gasteiger partial charge is 0.318 e. The third-order valence-electron chi connectivity index (χ3n) is 5.83. The number of carbonyl (C=O) groups is 3. The van der Waals surface area contributed by atoms with Crippen molar-refractivity contribution < 1.29 is 14.4 Å². The van der Waals surface area contributed by atoms with Gasteiger partial charge in [0.05, 0.1) is 22.8 Å². The van der Waals surface area contributed by atoms with Crippen LogP contribution < -0.4 is 15.5 Å². The minimum atomic E-state index is -0.366. The topological polar surface area (TPSA) is 99.6 Å². The van der Waals surface area contributed by atoms with Crippen LogP contribution in [-0.4, -0.2) is 58.2 Å². The molecule has 1 aromatic heterocycles. The highest BCUT2D eigenvalue weighted by Gasteiger charge is 2.32. The van der Waals surface area contributed by atoms with E-state index in [0.29, 0.717) is 23.7 Å². The molecule has 0 bridgehead atoms. The van der Waals surface area contributed by atoms with E-state index < -0.39 is 0 Å². The number of likely N-dealkylation sites (N-methyl/N-ethyl adjacent to an activating group) is 1. The Morgan fingerprint density at radius 3 is 2.63 bits per heavy atom. The Hall–Kier alpha value is -3.85. The summed E-state index contributed by atoms with van der Waals surface area (Å²) in [6.07, 6.45) is 3.46. The number of hydrogen-bond acceptors (Lipinski definition) is 4. The Bertz CT molecular complexity index is 1230. The number of para-hydroxylation sites is 1. The number of amides is 4. The highest BCUT2D eigenvalue weighted by Crippen LogP contribution is 2.30. The number of hydrogen-bond donors (Lipinski definition) is 2. The average molecular weight is 495 g/mol. The van der Waals surface area contributed by atoms with Crippen LogP contribution in [0.25, 0.3) is 5.69 Å². The average Bonchev–Trinajstić information content (AvgIpc) is 3.34. The van der Waals surface area contributed by atoms with Gasteiger partial charge in [-0.05, 0) is 49.7 Å². The summed E-state index contributed by atoms with van der Waals surface area (Å²) < 4.78 is 1.67. The first-order valence-electron chi connectivity index (χ1n) is 11.4. The minimum absolute atomic E-state index is 0.113. The molecule has 0 aliphatic carbocycles. The van der Waals surface area contributed by atoms with Gasteiger partial charge in [0.1, 0.15) is 0 Å². The predicted octanol–water partition coefficient (Wildman–Crippen LogP) is 3.22. The number of fused-ring (bicyclic) bond motifs is 1. The van der Waals surface area contributed by atoms with Crippen molar-refractivity contribution in [3.8, 4) is 5.69 Å². The molecule has 35 heavy (non-hydrogen) atoms. The number of anilines is 1. The van der Waals surface area contributed by atoms with Crippen LogP contribution in [0.5, 0.6) is 0 Å². The lowest BCUT2D eigenvalue weighted by molar-refractivity contribution is -0.120. The van der Waals surface area contributed by atoms with Gasteiger partial charge in [-0.25, -0.2) is 9.48 Å². The molecule has 0 saturated heterocycles. The van der Waals surface area contributed by atoms with Crippen molar-refractivity contribution in [1.82, 2.24) is 25.3 Å². The van der Waals surface area contributed by atoms with Crippen LogP contribution in [0.2, 0.25) is 5.02 Å². The van der Waals surface area contributed by atoms with Crippen molar-refractivity contribution >= 4 is 35.1 Å². The van der Waals surface area contributed by atoms with Crippen LogP contribution in [0.15, 0.2) is 60.9 Å². The van der Waals surface area contributed by atoms with Gasteiger partial charge in [0.25, 0.3) is 5.91 Å². The Labute approximate surface area is 208 Å². The second-order valence-corrected chi connectivity index (χ2v) is 8.66. The summed E-state index contributed by atoms with van der Waals surface area (Å²) >= 11 is 6.54. The van der Waals surface area contributed by atoms with Gasteiger partial charge in [-0.2, -0.15) is 5.10 Å². The quantitative estimate of drug-likeness (QED) is 0.568. The summed E-state index contributed by atoms with van der Waals surface area (Å²) in [5.74, 6) is -0.514. The molecule has 182 valence electrons. The third kappa shape index (κ3) is 5.30. The summed E-state index contributed by atoms with van der Waals surface area (Å²) in [5, 5.41) is 9.84. The van der Waals surface area contributed by atoms with E-state index in [9.17, 15) is 14.4 Å². The molecule has 0 spiro atoms. The van der Waals surface area contributed by atoms with Gasteiger partial charge in [0, 0.05) is 43.8 Å². The van der Waals surface area contributed by atoms with E-state index in [-0.39, 0.29) is 37.0 Å². The predicted molar refractivity (Wildman–Crippen MR) is 134 cm³/mol. The molecule has 1 aliphatic rings. The summed E-state index contributed by atoms with van der Waals surface area (Å²) in [7, 11) is 0. The number of nitrogens with one attached hydrogen (secondary N) is 2. The maximum absolute atomic E-state index is 13.7. The molecule has 2 N–H and O–H groups in total. The van der Waals surface area contributed by atoms with Crippen molar-refractivity contribution in [2.75, 3.05) is 24.5 Å². The molecule has 9 nitrogen and oxygen atoms in total. The van der Waals surface area contributed by atoms with E-state index in [1.807, 2.05) is 38.1 Å². The van der Waals surface area contributed by atoms with Gasteiger partial charge in [-0.3, -0.25) is 9.59 Å². The molecule has 2 aromatic carbocycles. The number of rotatable bonds is 5. The lowest BCUT2D eigenvalue weighted by Crippen LogP contribution is -2.50. The van der Waals surface area contributed by atoms with Gasteiger partial charge in [0.2, 0.25) is 5.91 Å². The molecule has 0 radical (unpaired) electrons. The molecule has 1 atom stereocenters.